The number of rotatable bonds is 2. The summed E-state index contributed by atoms with van der Waals surface area (Å²) in [6, 6.07) is 6.33. The van der Waals surface area contributed by atoms with E-state index < -0.39 is 0 Å². The van der Waals surface area contributed by atoms with Gasteiger partial charge in [-0.3, -0.25) is 0 Å². The van der Waals surface area contributed by atoms with Crippen molar-refractivity contribution in [3.05, 3.63) is 55.2 Å². The first-order chi connectivity index (χ1) is 9.56. The molecule has 3 rings (SSSR count). The Balaban J connectivity index is 1.98. The van der Waals surface area contributed by atoms with Crippen LogP contribution in [-0.4, -0.2) is 5.75 Å². The first-order valence-corrected chi connectivity index (χ1v) is 9.12. The second kappa shape index (κ2) is 5.72. The van der Waals surface area contributed by atoms with Crippen LogP contribution in [0, 0.1) is 13.8 Å². The smallest absolute Gasteiger partial charge is 0.0660 e. The van der Waals surface area contributed by atoms with E-state index in [0.717, 1.165) is 16.3 Å². The molecular formula is C16H18ClNS2. The minimum absolute atomic E-state index is 0.109. The summed E-state index contributed by atoms with van der Waals surface area (Å²) in [5, 5.41) is 0.779. The normalized spacial score (nSPS) is 16.0. The van der Waals surface area contributed by atoms with E-state index in [2.05, 4.69) is 26.0 Å². The van der Waals surface area contributed by atoms with Gasteiger partial charge in [0.2, 0.25) is 0 Å². The van der Waals surface area contributed by atoms with E-state index in [9.17, 15) is 0 Å². The molecule has 0 saturated carbocycles. The molecule has 0 saturated heterocycles. The molecule has 1 aromatic carbocycles. The fraction of sp³-hybridized carbons (Fsp3) is 0.375. The number of hydrogen-bond donors (Lipinski definition) is 1. The third-order valence-electron chi connectivity index (χ3n) is 3.90. The van der Waals surface area contributed by atoms with Gasteiger partial charge in [-0.15, -0.1) is 11.3 Å². The predicted molar refractivity (Wildman–Crippen MR) is 91.1 cm³/mol. The van der Waals surface area contributed by atoms with Gasteiger partial charge in [0.1, 0.15) is 0 Å². The predicted octanol–water partition coefficient (Wildman–Crippen LogP) is 4.86. The summed E-state index contributed by atoms with van der Waals surface area (Å²) in [7, 11) is 0. The first kappa shape index (κ1) is 14.5. The van der Waals surface area contributed by atoms with Crippen molar-refractivity contribution >= 4 is 34.7 Å². The van der Waals surface area contributed by atoms with E-state index in [4.69, 9.17) is 17.3 Å². The molecule has 2 aromatic rings. The molecule has 1 unspecified atom stereocenters. The van der Waals surface area contributed by atoms with Crippen molar-refractivity contribution in [2.24, 2.45) is 5.73 Å². The molecule has 1 aliphatic heterocycles. The third kappa shape index (κ3) is 2.64. The van der Waals surface area contributed by atoms with Crippen molar-refractivity contribution in [3.63, 3.8) is 0 Å². The van der Waals surface area contributed by atoms with Crippen molar-refractivity contribution in [2.75, 3.05) is 5.75 Å². The van der Waals surface area contributed by atoms with Crippen LogP contribution in [0.2, 0.25) is 5.02 Å². The topological polar surface area (TPSA) is 26.0 Å². The van der Waals surface area contributed by atoms with Gasteiger partial charge in [0.15, 0.2) is 0 Å². The highest BCUT2D eigenvalue weighted by molar-refractivity contribution is 7.98. The van der Waals surface area contributed by atoms with E-state index in [1.54, 1.807) is 0 Å². The molecule has 0 spiro atoms. The number of hydrogen-bond acceptors (Lipinski definition) is 3. The van der Waals surface area contributed by atoms with Crippen molar-refractivity contribution in [3.8, 4) is 0 Å². The lowest BCUT2D eigenvalue weighted by Crippen LogP contribution is -2.11. The molecule has 1 aromatic heterocycles. The Kier molecular flexibility index (Phi) is 4.14. The van der Waals surface area contributed by atoms with Crippen LogP contribution in [-0.2, 0) is 12.2 Å². The number of nitrogens with two attached hydrogens (primary N) is 1. The van der Waals surface area contributed by atoms with Crippen molar-refractivity contribution < 1.29 is 0 Å². The number of fused-ring (bicyclic) bond motifs is 1. The highest BCUT2D eigenvalue weighted by Gasteiger charge is 2.20. The molecule has 0 amide bonds. The third-order valence-corrected chi connectivity index (χ3v) is 6.56. The Hall–Kier alpha value is -0.480. The quantitative estimate of drug-likeness (QED) is 0.854. The van der Waals surface area contributed by atoms with Crippen LogP contribution in [0.25, 0.3) is 0 Å². The van der Waals surface area contributed by atoms with Crippen molar-refractivity contribution in [1.82, 2.24) is 0 Å². The van der Waals surface area contributed by atoms with Gasteiger partial charge in [-0.2, -0.15) is 11.8 Å². The van der Waals surface area contributed by atoms with Gasteiger partial charge in [-0.25, -0.2) is 0 Å². The van der Waals surface area contributed by atoms with Gasteiger partial charge in [0, 0.05) is 20.5 Å². The average Bonchev–Trinajstić information content (AvgIpc) is 2.86. The van der Waals surface area contributed by atoms with Crippen LogP contribution in [0.3, 0.4) is 0 Å². The van der Waals surface area contributed by atoms with Gasteiger partial charge in [0.25, 0.3) is 0 Å². The lowest BCUT2D eigenvalue weighted by atomic mass is 10.00. The zero-order valence-electron chi connectivity index (χ0n) is 11.7. The van der Waals surface area contributed by atoms with Crippen LogP contribution >= 0.6 is 34.7 Å². The van der Waals surface area contributed by atoms with Crippen LogP contribution < -0.4 is 5.73 Å². The van der Waals surface area contributed by atoms with Crippen LogP contribution in [0.1, 0.15) is 38.0 Å². The van der Waals surface area contributed by atoms with Gasteiger partial charge in [-0.1, -0.05) is 17.7 Å². The zero-order chi connectivity index (χ0) is 14.3. The molecule has 2 heterocycles. The minimum atomic E-state index is -0.109. The van der Waals surface area contributed by atoms with Crippen molar-refractivity contribution in [1.29, 1.82) is 0 Å². The monoisotopic (exact) mass is 323 g/mol. The Morgan fingerprint density at radius 3 is 2.70 bits per heavy atom. The maximum atomic E-state index is 6.47. The molecule has 106 valence electrons. The molecule has 1 aliphatic rings. The lowest BCUT2D eigenvalue weighted by Gasteiger charge is -2.14. The SMILES string of the molecule is Cc1cc(Cl)c(C(N)c2cc3c(s2)CCSC3)cc1C. The maximum Gasteiger partial charge on any atom is 0.0660 e. The Morgan fingerprint density at radius 1 is 1.20 bits per heavy atom. The molecule has 2 N–H and O–H groups in total. The Morgan fingerprint density at radius 2 is 1.95 bits per heavy atom. The van der Waals surface area contributed by atoms with Crippen LogP contribution in [0.15, 0.2) is 18.2 Å². The summed E-state index contributed by atoms with van der Waals surface area (Å²) in [6.45, 7) is 4.19. The number of thioether (sulfide) groups is 1. The highest BCUT2D eigenvalue weighted by Crippen LogP contribution is 2.37. The van der Waals surface area contributed by atoms with Crippen LogP contribution in [0.5, 0.6) is 0 Å². The van der Waals surface area contributed by atoms with Gasteiger partial charge >= 0.3 is 0 Å². The van der Waals surface area contributed by atoms with E-state index in [-0.39, 0.29) is 6.04 Å². The van der Waals surface area contributed by atoms with Gasteiger partial charge < -0.3 is 5.73 Å². The number of benzene rings is 1. The first-order valence-electron chi connectivity index (χ1n) is 6.77. The summed E-state index contributed by atoms with van der Waals surface area (Å²) in [5.74, 6) is 2.35. The molecule has 0 bridgehead atoms. The van der Waals surface area contributed by atoms with Gasteiger partial charge in [-0.05, 0) is 60.4 Å². The van der Waals surface area contributed by atoms with Gasteiger partial charge in [0.05, 0.1) is 6.04 Å². The molecule has 20 heavy (non-hydrogen) atoms. The largest absolute Gasteiger partial charge is 0.320 e. The lowest BCUT2D eigenvalue weighted by molar-refractivity contribution is 0.889. The summed E-state index contributed by atoms with van der Waals surface area (Å²) in [6.07, 6.45) is 1.18. The molecule has 0 fully saturated rings. The fourth-order valence-electron chi connectivity index (χ4n) is 2.52. The maximum absolute atomic E-state index is 6.47. The summed E-state index contributed by atoms with van der Waals surface area (Å²) in [4.78, 5) is 2.75. The molecule has 1 atom stereocenters. The standard InChI is InChI=1S/C16H18ClNS2/c1-9-5-12(13(17)6-10(9)2)16(18)15-7-11-8-19-4-3-14(11)20-15/h5-7,16H,3-4,8,18H2,1-2H3. The number of aryl methyl sites for hydroxylation is 3. The Labute approximate surface area is 133 Å². The molecule has 1 nitrogen and oxygen atoms in total. The van der Waals surface area contributed by atoms with E-state index in [0.29, 0.717) is 0 Å². The Bertz CT molecular complexity index is 625. The number of thiophene rings is 1. The van der Waals surface area contributed by atoms with Crippen LogP contribution in [0.4, 0.5) is 0 Å². The molecule has 0 aliphatic carbocycles. The fourth-order valence-corrected chi connectivity index (χ4v) is 5.25. The average molecular weight is 324 g/mol. The molecule has 0 radical (unpaired) electrons. The number of halogens is 1. The summed E-state index contributed by atoms with van der Waals surface area (Å²) in [5.41, 5.74) is 11.4. The van der Waals surface area contributed by atoms with E-state index in [1.165, 1.54) is 38.6 Å². The summed E-state index contributed by atoms with van der Waals surface area (Å²) < 4.78 is 0. The summed E-state index contributed by atoms with van der Waals surface area (Å²) >= 11 is 10.3. The second-order valence-electron chi connectivity index (χ2n) is 5.34. The highest BCUT2D eigenvalue weighted by atomic mass is 35.5. The van der Waals surface area contributed by atoms with Crippen molar-refractivity contribution in [2.45, 2.75) is 32.1 Å². The molecular weight excluding hydrogens is 306 g/mol. The van der Waals surface area contributed by atoms with E-state index >= 15 is 0 Å². The zero-order valence-corrected chi connectivity index (χ0v) is 14.1. The minimum Gasteiger partial charge on any atom is -0.320 e. The molecule has 4 heteroatoms. The second-order valence-corrected chi connectivity index (χ2v) is 8.02. The van der Waals surface area contributed by atoms with E-state index in [1.807, 2.05) is 29.2 Å².